The summed E-state index contributed by atoms with van der Waals surface area (Å²) in [5, 5.41) is 0.604. The molecule has 3 rings (SSSR count). The van der Waals surface area contributed by atoms with E-state index >= 15 is 0 Å². The van der Waals surface area contributed by atoms with Crippen molar-refractivity contribution in [2.45, 2.75) is 12.5 Å². The Kier molecular flexibility index (Phi) is 4.47. The molecule has 0 N–H and O–H groups in total. The third-order valence-corrected chi connectivity index (χ3v) is 6.31. The standard InChI is InChI=1S/C17H19ClN2O2S/c1-19(2)23(21,22)20-11-10-13-6-3-4-9-16(13)17(20)14-7-5-8-15(18)12-14/h3-9,12,17H,10-11H2,1-2H3. The molecule has 0 aromatic heterocycles. The maximum atomic E-state index is 12.8. The SMILES string of the molecule is CN(C)S(=O)(=O)N1CCc2ccccc2C1c1cccc(Cl)c1. The van der Waals surface area contributed by atoms with Crippen molar-refractivity contribution in [2.24, 2.45) is 0 Å². The first kappa shape index (κ1) is 16.5. The first-order valence-corrected chi connectivity index (χ1v) is 9.21. The van der Waals surface area contributed by atoms with Crippen LogP contribution in [0.5, 0.6) is 0 Å². The zero-order valence-corrected chi connectivity index (χ0v) is 14.7. The molecule has 23 heavy (non-hydrogen) atoms. The van der Waals surface area contributed by atoms with Crippen molar-refractivity contribution in [3.05, 3.63) is 70.2 Å². The molecule has 0 saturated carbocycles. The second kappa shape index (κ2) is 6.24. The molecule has 1 heterocycles. The van der Waals surface area contributed by atoms with Crippen LogP contribution in [0.3, 0.4) is 0 Å². The zero-order valence-electron chi connectivity index (χ0n) is 13.1. The summed E-state index contributed by atoms with van der Waals surface area (Å²) < 4.78 is 28.4. The van der Waals surface area contributed by atoms with Crippen LogP contribution in [0, 0.1) is 0 Å². The molecule has 1 aliphatic rings. The van der Waals surface area contributed by atoms with E-state index in [1.54, 1.807) is 24.5 Å². The zero-order chi connectivity index (χ0) is 16.6. The summed E-state index contributed by atoms with van der Waals surface area (Å²) in [4.78, 5) is 0. The molecule has 2 aromatic carbocycles. The molecule has 0 saturated heterocycles. The van der Waals surface area contributed by atoms with Gasteiger partial charge in [-0.05, 0) is 35.2 Å². The lowest BCUT2D eigenvalue weighted by atomic mass is 9.90. The highest BCUT2D eigenvalue weighted by molar-refractivity contribution is 7.86. The van der Waals surface area contributed by atoms with E-state index in [-0.39, 0.29) is 6.04 Å². The maximum absolute atomic E-state index is 12.8. The second-order valence-corrected chi connectivity index (χ2v) is 8.34. The van der Waals surface area contributed by atoms with E-state index in [1.807, 2.05) is 36.4 Å². The van der Waals surface area contributed by atoms with E-state index in [1.165, 1.54) is 9.87 Å². The highest BCUT2D eigenvalue weighted by Gasteiger charge is 2.37. The molecular formula is C17H19ClN2O2S. The molecular weight excluding hydrogens is 332 g/mol. The Morgan fingerprint density at radius 3 is 2.57 bits per heavy atom. The van der Waals surface area contributed by atoms with Gasteiger partial charge >= 0.3 is 0 Å². The topological polar surface area (TPSA) is 40.6 Å². The molecule has 1 unspecified atom stereocenters. The molecule has 0 spiro atoms. The quantitative estimate of drug-likeness (QED) is 0.853. The highest BCUT2D eigenvalue weighted by atomic mass is 35.5. The van der Waals surface area contributed by atoms with E-state index in [0.29, 0.717) is 18.0 Å². The molecule has 1 aliphatic heterocycles. The Morgan fingerprint density at radius 1 is 1.13 bits per heavy atom. The molecule has 2 aromatic rings. The number of halogens is 1. The van der Waals surface area contributed by atoms with Crippen molar-refractivity contribution in [1.82, 2.24) is 8.61 Å². The fourth-order valence-electron chi connectivity index (χ4n) is 3.02. The van der Waals surface area contributed by atoms with E-state index in [0.717, 1.165) is 11.1 Å². The fourth-order valence-corrected chi connectivity index (χ4v) is 4.47. The first-order valence-electron chi connectivity index (χ1n) is 7.44. The number of benzene rings is 2. The van der Waals surface area contributed by atoms with Gasteiger partial charge in [0.25, 0.3) is 10.2 Å². The van der Waals surface area contributed by atoms with Crippen molar-refractivity contribution in [2.75, 3.05) is 20.6 Å². The normalized spacial score (nSPS) is 18.9. The van der Waals surface area contributed by atoms with E-state index in [4.69, 9.17) is 11.6 Å². The molecule has 122 valence electrons. The number of nitrogens with zero attached hydrogens (tertiary/aromatic N) is 2. The summed E-state index contributed by atoms with van der Waals surface area (Å²) in [7, 11) is -0.408. The fraction of sp³-hybridized carbons (Fsp3) is 0.294. The second-order valence-electron chi connectivity index (χ2n) is 5.81. The summed E-state index contributed by atoms with van der Waals surface area (Å²) >= 11 is 6.14. The first-order chi connectivity index (χ1) is 10.9. The highest BCUT2D eigenvalue weighted by Crippen LogP contribution is 2.37. The van der Waals surface area contributed by atoms with Crippen LogP contribution in [-0.2, 0) is 16.6 Å². The minimum absolute atomic E-state index is 0.356. The van der Waals surface area contributed by atoms with Gasteiger partial charge in [0.1, 0.15) is 0 Å². The van der Waals surface area contributed by atoms with Gasteiger partial charge < -0.3 is 0 Å². The molecule has 0 aliphatic carbocycles. The van der Waals surface area contributed by atoms with Crippen molar-refractivity contribution in [1.29, 1.82) is 0 Å². The van der Waals surface area contributed by atoms with Gasteiger partial charge in [0.15, 0.2) is 0 Å². The van der Waals surface area contributed by atoms with E-state index < -0.39 is 10.2 Å². The lowest BCUT2D eigenvalue weighted by Crippen LogP contribution is -2.45. The Bertz CT molecular complexity index is 821. The smallest absolute Gasteiger partial charge is 0.195 e. The van der Waals surface area contributed by atoms with Gasteiger partial charge in [-0.1, -0.05) is 48.0 Å². The minimum Gasteiger partial charge on any atom is -0.195 e. The summed E-state index contributed by atoms with van der Waals surface area (Å²) in [5.74, 6) is 0. The predicted octanol–water partition coefficient (Wildman–Crippen LogP) is 3.09. The Hall–Kier alpha value is -1.40. The van der Waals surface area contributed by atoms with Crippen molar-refractivity contribution in [3.63, 3.8) is 0 Å². The Balaban J connectivity index is 2.18. The van der Waals surface area contributed by atoms with Crippen LogP contribution in [0.25, 0.3) is 0 Å². The largest absolute Gasteiger partial charge is 0.282 e. The van der Waals surface area contributed by atoms with Crippen LogP contribution >= 0.6 is 11.6 Å². The van der Waals surface area contributed by atoms with Crippen LogP contribution in [0.4, 0.5) is 0 Å². The van der Waals surface area contributed by atoms with Crippen LogP contribution < -0.4 is 0 Å². The molecule has 0 bridgehead atoms. The molecule has 1 atom stereocenters. The van der Waals surface area contributed by atoms with Crippen molar-refractivity contribution in [3.8, 4) is 0 Å². The van der Waals surface area contributed by atoms with E-state index in [9.17, 15) is 8.42 Å². The van der Waals surface area contributed by atoms with Gasteiger partial charge in [0.05, 0.1) is 6.04 Å². The number of hydrogen-bond acceptors (Lipinski definition) is 2. The Labute approximate surface area is 142 Å². The lowest BCUT2D eigenvalue weighted by Gasteiger charge is -2.38. The van der Waals surface area contributed by atoms with Gasteiger partial charge in [0, 0.05) is 25.7 Å². The predicted molar refractivity (Wildman–Crippen MR) is 92.8 cm³/mol. The van der Waals surface area contributed by atoms with Gasteiger partial charge in [-0.15, -0.1) is 0 Å². The van der Waals surface area contributed by atoms with Gasteiger partial charge in [-0.2, -0.15) is 17.0 Å². The number of rotatable bonds is 3. The van der Waals surface area contributed by atoms with E-state index in [2.05, 4.69) is 6.07 Å². The monoisotopic (exact) mass is 350 g/mol. The van der Waals surface area contributed by atoms with Crippen LogP contribution in [0.15, 0.2) is 48.5 Å². The molecule has 0 amide bonds. The molecule has 4 nitrogen and oxygen atoms in total. The molecule has 0 radical (unpaired) electrons. The Morgan fingerprint density at radius 2 is 1.87 bits per heavy atom. The van der Waals surface area contributed by atoms with Gasteiger partial charge in [-0.25, -0.2) is 0 Å². The van der Waals surface area contributed by atoms with Crippen molar-refractivity contribution >= 4 is 21.8 Å². The van der Waals surface area contributed by atoms with Gasteiger partial charge in [0.2, 0.25) is 0 Å². The average Bonchev–Trinajstić information content (AvgIpc) is 2.53. The van der Waals surface area contributed by atoms with Crippen LogP contribution in [-0.4, -0.2) is 37.7 Å². The third-order valence-electron chi connectivity index (χ3n) is 4.16. The molecule has 0 fully saturated rings. The summed E-state index contributed by atoms with van der Waals surface area (Å²) in [6.07, 6.45) is 0.709. The summed E-state index contributed by atoms with van der Waals surface area (Å²) in [6.45, 7) is 0.453. The summed E-state index contributed by atoms with van der Waals surface area (Å²) in [6, 6.07) is 15.1. The average molecular weight is 351 g/mol. The third kappa shape index (κ3) is 3.02. The summed E-state index contributed by atoms with van der Waals surface area (Å²) in [5.41, 5.74) is 3.09. The van der Waals surface area contributed by atoms with Crippen LogP contribution in [0.1, 0.15) is 22.7 Å². The molecule has 6 heteroatoms. The van der Waals surface area contributed by atoms with Crippen LogP contribution in [0.2, 0.25) is 5.02 Å². The minimum atomic E-state index is -3.53. The number of hydrogen-bond donors (Lipinski definition) is 0. The number of fused-ring (bicyclic) bond motifs is 1. The lowest BCUT2D eigenvalue weighted by molar-refractivity contribution is 0.320. The van der Waals surface area contributed by atoms with Crippen molar-refractivity contribution < 1.29 is 8.42 Å². The maximum Gasteiger partial charge on any atom is 0.282 e. The van der Waals surface area contributed by atoms with Gasteiger partial charge in [-0.3, -0.25) is 0 Å².